The molecule has 0 radical (unpaired) electrons. The number of benzene rings is 2. The summed E-state index contributed by atoms with van der Waals surface area (Å²) < 4.78 is 0. The van der Waals surface area contributed by atoms with Crippen molar-refractivity contribution in [3.63, 3.8) is 0 Å². The molecule has 0 spiro atoms. The van der Waals surface area contributed by atoms with E-state index in [0.29, 0.717) is 0 Å². The highest BCUT2D eigenvalue weighted by molar-refractivity contribution is 6.15. The molecule has 0 bridgehead atoms. The number of carbonyl (C=O) groups is 3. The largest absolute Gasteiger partial charge is 0.334 e. The first-order valence-electron chi connectivity index (χ1n) is 7.82. The van der Waals surface area contributed by atoms with Gasteiger partial charge in [0.25, 0.3) is 0 Å². The summed E-state index contributed by atoms with van der Waals surface area (Å²) in [5.74, 6) is -1.74. The minimum atomic E-state index is -0.852. The molecule has 0 aliphatic carbocycles. The molecule has 1 aliphatic rings. The van der Waals surface area contributed by atoms with Crippen LogP contribution in [-0.4, -0.2) is 27.6 Å². The zero-order chi connectivity index (χ0) is 17.1. The second-order valence-corrected chi connectivity index (χ2v) is 5.82. The molecular weight excluding hydrogens is 304 g/mol. The number of carbonyl (C=O) groups excluding carboxylic acids is 3. The summed E-state index contributed by atoms with van der Waals surface area (Å²) in [6, 6.07) is 18.0. The highest BCUT2D eigenvalue weighted by Crippen LogP contribution is 2.22. The Kier molecular flexibility index (Phi) is 4.42. The van der Waals surface area contributed by atoms with Crippen LogP contribution >= 0.6 is 0 Å². The Morgan fingerprint density at radius 1 is 0.708 bits per heavy atom. The normalized spacial score (nSPS) is 16.0. The number of rotatable bonds is 4. The van der Waals surface area contributed by atoms with Crippen LogP contribution < -0.4 is 0 Å². The molecule has 1 fully saturated rings. The third-order valence-corrected chi connectivity index (χ3v) is 4.10. The molecule has 0 unspecified atom stereocenters. The van der Waals surface area contributed by atoms with Crippen LogP contribution in [0.15, 0.2) is 60.7 Å². The van der Waals surface area contributed by atoms with Gasteiger partial charge in [-0.25, -0.2) is 4.79 Å². The van der Waals surface area contributed by atoms with Crippen LogP contribution in [0.25, 0.3) is 0 Å². The standard InChI is InChI=1S/C19H18N2O3/c1-14-17(22)20(12-15-8-4-2-5-9-15)19(24)21(18(14)23)13-16-10-6-3-7-11-16/h2-11,14H,12-13H2,1H3. The lowest BCUT2D eigenvalue weighted by Crippen LogP contribution is -2.58. The van der Waals surface area contributed by atoms with Crippen LogP contribution in [0.5, 0.6) is 0 Å². The molecule has 0 aromatic heterocycles. The Bertz CT molecular complexity index is 695. The van der Waals surface area contributed by atoms with Crippen LogP contribution in [0.1, 0.15) is 18.1 Å². The van der Waals surface area contributed by atoms with Gasteiger partial charge in [-0.3, -0.25) is 19.4 Å². The molecule has 4 amide bonds. The van der Waals surface area contributed by atoms with E-state index < -0.39 is 23.8 Å². The second kappa shape index (κ2) is 6.66. The maximum absolute atomic E-state index is 12.7. The van der Waals surface area contributed by atoms with Gasteiger partial charge in [0.15, 0.2) is 0 Å². The molecule has 3 rings (SSSR count). The van der Waals surface area contributed by atoms with Gasteiger partial charge in [0, 0.05) is 0 Å². The van der Waals surface area contributed by atoms with E-state index in [9.17, 15) is 14.4 Å². The van der Waals surface area contributed by atoms with E-state index in [-0.39, 0.29) is 13.1 Å². The van der Waals surface area contributed by atoms with Crippen LogP contribution in [-0.2, 0) is 22.7 Å². The molecule has 1 aliphatic heterocycles. The zero-order valence-corrected chi connectivity index (χ0v) is 13.4. The molecule has 122 valence electrons. The van der Waals surface area contributed by atoms with Gasteiger partial charge >= 0.3 is 6.03 Å². The average Bonchev–Trinajstić information content (AvgIpc) is 2.62. The first kappa shape index (κ1) is 15.9. The number of barbiturate groups is 1. The quantitative estimate of drug-likeness (QED) is 0.813. The van der Waals surface area contributed by atoms with Gasteiger partial charge in [-0.2, -0.15) is 0 Å². The molecule has 0 N–H and O–H groups in total. The van der Waals surface area contributed by atoms with Crippen molar-refractivity contribution in [1.29, 1.82) is 0 Å². The van der Waals surface area contributed by atoms with Crippen molar-refractivity contribution in [3.8, 4) is 0 Å². The summed E-state index contributed by atoms with van der Waals surface area (Å²) in [7, 11) is 0. The lowest BCUT2D eigenvalue weighted by atomic mass is 10.0. The minimum absolute atomic E-state index is 0.168. The summed E-state index contributed by atoms with van der Waals surface area (Å²) in [5, 5.41) is 0. The van der Waals surface area contributed by atoms with Crippen molar-refractivity contribution < 1.29 is 14.4 Å². The van der Waals surface area contributed by atoms with Gasteiger partial charge in [-0.05, 0) is 18.1 Å². The van der Waals surface area contributed by atoms with Crippen molar-refractivity contribution in [3.05, 3.63) is 71.8 Å². The third-order valence-electron chi connectivity index (χ3n) is 4.10. The maximum atomic E-state index is 12.7. The smallest absolute Gasteiger partial charge is 0.273 e. The number of imide groups is 2. The van der Waals surface area contributed by atoms with Gasteiger partial charge in [-0.15, -0.1) is 0 Å². The van der Waals surface area contributed by atoms with Gasteiger partial charge < -0.3 is 0 Å². The molecule has 5 heteroatoms. The number of hydrogen-bond donors (Lipinski definition) is 0. The predicted molar refractivity (Wildman–Crippen MR) is 88.5 cm³/mol. The fourth-order valence-electron chi connectivity index (χ4n) is 2.73. The molecule has 1 heterocycles. The summed E-state index contributed by atoms with van der Waals surface area (Å²) >= 11 is 0. The summed E-state index contributed by atoms with van der Waals surface area (Å²) in [6.07, 6.45) is 0. The van der Waals surface area contributed by atoms with Crippen molar-refractivity contribution in [2.24, 2.45) is 5.92 Å². The van der Waals surface area contributed by atoms with Gasteiger partial charge in [0.05, 0.1) is 13.1 Å². The van der Waals surface area contributed by atoms with Crippen LogP contribution in [0.4, 0.5) is 4.79 Å². The van der Waals surface area contributed by atoms with Crippen molar-refractivity contribution in [2.75, 3.05) is 0 Å². The molecule has 24 heavy (non-hydrogen) atoms. The van der Waals surface area contributed by atoms with Crippen molar-refractivity contribution >= 4 is 17.8 Å². The highest BCUT2D eigenvalue weighted by Gasteiger charge is 2.43. The Morgan fingerprint density at radius 2 is 1.08 bits per heavy atom. The zero-order valence-electron chi connectivity index (χ0n) is 13.4. The van der Waals surface area contributed by atoms with E-state index in [0.717, 1.165) is 20.9 Å². The SMILES string of the molecule is CC1C(=O)N(Cc2ccccc2)C(=O)N(Cc2ccccc2)C1=O. The van der Waals surface area contributed by atoms with E-state index in [1.54, 1.807) is 6.92 Å². The van der Waals surface area contributed by atoms with E-state index >= 15 is 0 Å². The molecule has 5 nitrogen and oxygen atoms in total. The third kappa shape index (κ3) is 3.06. The predicted octanol–water partition coefficient (Wildman–Crippen LogP) is 2.81. The van der Waals surface area contributed by atoms with Crippen LogP contribution in [0, 0.1) is 5.92 Å². The van der Waals surface area contributed by atoms with E-state index in [2.05, 4.69) is 0 Å². The van der Waals surface area contributed by atoms with Crippen LogP contribution in [0.3, 0.4) is 0 Å². The number of urea groups is 1. The molecular formula is C19H18N2O3. The number of nitrogens with zero attached hydrogens (tertiary/aromatic N) is 2. The Morgan fingerprint density at radius 3 is 1.46 bits per heavy atom. The lowest BCUT2D eigenvalue weighted by Gasteiger charge is -2.35. The second-order valence-electron chi connectivity index (χ2n) is 5.82. The highest BCUT2D eigenvalue weighted by atomic mass is 16.2. The van der Waals surface area contributed by atoms with Crippen LogP contribution in [0.2, 0.25) is 0 Å². The summed E-state index contributed by atoms with van der Waals surface area (Å²) in [6.45, 7) is 1.88. The van der Waals surface area contributed by atoms with Gasteiger partial charge in [-0.1, -0.05) is 60.7 Å². The Balaban J connectivity index is 1.85. The molecule has 2 aromatic carbocycles. The summed E-state index contributed by atoms with van der Waals surface area (Å²) in [4.78, 5) is 39.8. The molecule has 2 aromatic rings. The van der Waals surface area contributed by atoms with Crippen molar-refractivity contribution in [2.45, 2.75) is 20.0 Å². The Hall–Kier alpha value is -2.95. The fraction of sp³-hybridized carbons (Fsp3) is 0.211. The topological polar surface area (TPSA) is 57.7 Å². The molecule has 1 saturated heterocycles. The minimum Gasteiger partial charge on any atom is -0.273 e. The fourth-order valence-corrected chi connectivity index (χ4v) is 2.73. The first-order chi connectivity index (χ1) is 11.6. The number of amides is 4. The average molecular weight is 322 g/mol. The monoisotopic (exact) mass is 322 g/mol. The van der Waals surface area contributed by atoms with E-state index in [1.807, 2.05) is 60.7 Å². The maximum Gasteiger partial charge on any atom is 0.334 e. The van der Waals surface area contributed by atoms with E-state index in [4.69, 9.17) is 0 Å². The Labute approximate surface area is 140 Å². The van der Waals surface area contributed by atoms with Gasteiger partial charge in [0.1, 0.15) is 5.92 Å². The van der Waals surface area contributed by atoms with Gasteiger partial charge in [0.2, 0.25) is 11.8 Å². The first-order valence-corrected chi connectivity index (χ1v) is 7.82. The summed E-state index contributed by atoms with van der Waals surface area (Å²) in [5.41, 5.74) is 1.70. The molecule has 0 atom stereocenters. The van der Waals surface area contributed by atoms with E-state index in [1.165, 1.54) is 0 Å². The lowest BCUT2D eigenvalue weighted by molar-refractivity contribution is -0.149. The van der Waals surface area contributed by atoms with Crippen molar-refractivity contribution in [1.82, 2.24) is 9.80 Å². The number of hydrogen-bond acceptors (Lipinski definition) is 3. The molecule has 0 saturated carbocycles.